The third-order valence-electron chi connectivity index (χ3n) is 1.55. The quantitative estimate of drug-likeness (QED) is 0.766. The van der Waals surface area contributed by atoms with Gasteiger partial charge in [-0.15, -0.1) is 0 Å². The Bertz CT molecular complexity index is 261. The van der Waals surface area contributed by atoms with Gasteiger partial charge in [-0.1, -0.05) is 13.8 Å². The SMILES string of the molecule is CC(C)(C)OC=O.CC(C)c1ccn[nH]1. The van der Waals surface area contributed by atoms with E-state index < -0.39 is 0 Å². The number of aromatic amines is 1. The van der Waals surface area contributed by atoms with E-state index in [0.717, 1.165) is 0 Å². The van der Waals surface area contributed by atoms with E-state index in [1.807, 2.05) is 26.8 Å². The van der Waals surface area contributed by atoms with E-state index >= 15 is 0 Å². The molecule has 0 amide bonds. The molecule has 0 atom stereocenters. The van der Waals surface area contributed by atoms with Crippen molar-refractivity contribution in [2.75, 3.05) is 0 Å². The Hall–Kier alpha value is -1.32. The molecule has 0 radical (unpaired) electrons. The van der Waals surface area contributed by atoms with Crippen LogP contribution in [0.2, 0.25) is 0 Å². The number of carbonyl (C=O) groups is 1. The summed E-state index contributed by atoms with van der Waals surface area (Å²) in [5, 5.41) is 6.70. The van der Waals surface area contributed by atoms with Crippen molar-refractivity contribution in [2.24, 2.45) is 0 Å². The van der Waals surface area contributed by atoms with Crippen LogP contribution in [0, 0.1) is 0 Å². The second-order valence-corrected chi connectivity index (χ2v) is 4.49. The van der Waals surface area contributed by atoms with E-state index in [1.54, 1.807) is 6.20 Å². The summed E-state index contributed by atoms with van der Waals surface area (Å²) in [6.45, 7) is 10.2. The summed E-state index contributed by atoms with van der Waals surface area (Å²) in [5.74, 6) is 0.567. The number of ether oxygens (including phenoxy) is 1. The third-order valence-corrected chi connectivity index (χ3v) is 1.55. The molecule has 4 heteroatoms. The third kappa shape index (κ3) is 7.73. The summed E-state index contributed by atoms with van der Waals surface area (Å²) in [7, 11) is 0. The lowest BCUT2D eigenvalue weighted by atomic mass is 10.1. The van der Waals surface area contributed by atoms with Gasteiger partial charge in [0, 0.05) is 11.9 Å². The number of hydrogen-bond donors (Lipinski definition) is 1. The van der Waals surface area contributed by atoms with Crippen LogP contribution in [-0.4, -0.2) is 22.3 Å². The molecule has 0 aliphatic rings. The van der Waals surface area contributed by atoms with Gasteiger partial charge in [-0.2, -0.15) is 5.10 Å². The Morgan fingerprint density at radius 1 is 1.47 bits per heavy atom. The highest BCUT2D eigenvalue weighted by molar-refractivity contribution is 5.37. The van der Waals surface area contributed by atoms with Gasteiger partial charge in [-0.3, -0.25) is 9.89 Å². The molecule has 1 aromatic rings. The van der Waals surface area contributed by atoms with Crippen LogP contribution < -0.4 is 0 Å². The van der Waals surface area contributed by atoms with Crippen LogP contribution in [-0.2, 0) is 9.53 Å². The standard InChI is InChI=1S/C6H10N2.C5H10O2/c1-5(2)6-3-4-7-8-6;1-5(2,3)7-4-6/h3-5H,1-2H3,(H,7,8);4H,1-3H3. The maximum absolute atomic E-state index is 9.60. The van der Waals surface area contributed by atoms with Crippen LogP contribution in [0.25, 0.3) is 0 Å². The molecule has 1 rings (SSSR count). The number of aromatic nitrogens is 2. The molecule has 0 fully saturated rings. The highest BCUT2D eigenvalue weighted by atomic mass is 16.5. The summed E-state index contributed by atoms with van der Waals surface area (Å²) in [4.78, 5) is 9.60. The van der Waals surface area contributed by atoms with Crippen molar-refractivity contribution in [3.05, 3.63) is 18.0 Å². The average molecular weight is 212 g/mol. The van der Waals surface area contributed by atoms with Gasteiger partial charge >= 0.3 is 0 Å². The van der Waals surface area contributed by atoms with E-state index in [-0.39, 0.29) is 5.60 Å². The van der Waals surface area contributed by atoms with Crippen LogP contribution >= 0.6 is 0 Å². The summed E-state index contributed by atoms with van der Waals surface area (Å²) >= 11 is 0. The lowest BCUT2D eigenvalue weighted by Gasteiger charge is -2.14. The summed E-state index contributed by atoms with van der Waals surface area (Å²) in [6, 6.07) is 1.99. The van der Waals surface area contributed by atoms with Gasteiger partial charge in [-0.25, -0.2) is 0 Å². The summed E-state index contributed by atoms with van der Waals surface area (Å²) in [5.41, 5.74) is 0.881. The molecule has 0 unspecified atom stereocenters. The first kappa shape index (κ1) is 13.7. The van der Waals surface area contributed by atoms with Crippen LogP contribution in [0.15, 0.2) is 12.3 Å². The number of nitrogens with one attached hydrogen (secondary N) is 1. The first-order valence-electron chi connectivity index (χ1n) is 4.97. The van der Waals surface area contributed by atoms with Gasteiger partial charge < -0.3 is 4.74 Å². The summed E-state index contributed by atoms with van der Waals surface area (Å²) < 4.78 is 4.55. The van der Waals surface area contributed by atoms with Crippen LogP contribution in [0.1, 0.15) is 46.2 Å². The summed E-state index contributed by atoms with van der Waals surface area (Å²) in [6.07, 6.45) is 1.77. The number of carbonyl (C=O) groups excluding carboxylic acids is 1. The van der Waals surface area contributed by atoms with E-state index in [4.69, 9.17) is 0 Å². The lowest BCUT2D eigenvalue weighted by molar-refractivity contribution is -0.138. The lowest BCUT2D eigenvalue weighted by Crippen LogP contribution is -2.17. The Kier molecular flexibility index (Phi) is 5.67. The second-order valence-electron chi connectivity index (χ2n) is 4.49. The first-order valence-corrected chi connectivity index (χ1v) is 4.97. The molecular weight excluding hydrogens is 192 g/mol. The molecule has 0 aromatic carbocycles. The number of rotatable bonds is 2. The molecule has 0 spiro atoms. The molecule has 0 saturated carbocycles. The molecule has 1 aromatic heterocycles. The van der Waals surface area contributed by atoms with Crippen LogP contribution in [0.3, 0.4) is 0 Å². The van der Waals surface area contributed by atoms with Crippen molar-refractivity contribution in [2.45, 2.75) is 46.1 Å². The van der Waals surface area contributed by atoms with Crippen LogP contribution in [0.5, 0.6) is 0 Å². The largest absolute Gasteiger partial charge is 0.462 e. The maximum Gasteiger partial charge on any atom is 0.293 e. The van der Waals surface area contributed by atoms with Crippen molar-refractivity contribution in [1.29, 1.82) is 0 Å². The fourth-order valence-electron chi connectivity index (χ4n) is 0.733. The molecule has 0 bridgehead atoms. The second kappa shape index (κ2) is 6.22. The van der Waals surface area contributed by atoms with Crippen molar-refractivity contribution in [3.63, 3.8) is 0 Å². The fraction of sp³-hybridized carbons (Fsp3) is 0.636. The Labute approximate surface area is 91.0 Å². The van der Waals surface area contributed by atoms with Gasteiger partial charge in [0.15, 0.2) is 0 Å². The topological polar surface area (TPSA) is 55.0 Å². The van der Waals surface area contributed by atoms with Gasteiger partial charge in [0.2, 0.25) is 0 Å². The minimum absolute atomic E-state index is 0.318. The van der Waals surface area contributed by atoms with Gasteiger partial charge in [0.05, 0.1) is 0 Å². The van der Waals surface area contributed by atoms with Crippen molar-refractivity contribution < 1.29 is 9.53 Å². The zero-order valence-electron chi connectivity index (χ0n) is 10.1. The number of nitrogens with zero attached hydrogens (tertiary/aromatic N) is 1. The van der Waals surface area contributed by atoms with E-state index in [9.17, 15) is 4.79 Å². The minimum atomic E-state index is -0.318. The molecule has 15 heavy (non-hydrogen) atoms. The minimum Gasteiger partial charge on any atom is -0.462 e. The number of hydrogen-bond acceptors (Lipinski definition) is 3. The molecule has 4 nitrogen and oxygen atoms in total. The van der Waals surface area contributed by atoms with Crippen molar-refractivity contribution in [3.8, 4) is 0 Å². The highest BCUT2D eigenvalue weighted by Gasteiger charge is 2.07. The normalized spacial score (nSPS) is 10.5. The fourth-order valence-corrected chi connectivity index (χ4v) is 0.733. The van der Waals surface area contributed by atoms with Gasteiger partial charge in [0.25, 0.3) is 6.47 Å². The van der Waals surface area contributed by atoms with Gasteiger partial charge in [-0.05, 0) is 32.8 Å². The molecule has 1 heterocycles. The van der Waals surface area contributed by atoms with Gasteiger partial charge in [0.1, 0.15) is 5.60 Å². The Morgan fingerprint density at radius 3 is 2.20 bits per heavy atom. The number of H-pyrrole nitrogens is 1. The van der Waals surface area contributed by atoms with E-state index in [2.05, 4.69) is 28.8 Å². The smallest absolute Gasteiger partial charge is 0.293 e. The first-order chi connectivity index (χ1) is 6.87. The Morgan fingerprint density at radius 2 is 2.07 bits per heavy atom. The van der Waals surface area contributed by atoms with E-state index in [0.29, 0.717) is 12.4 Å². The highest BCUT2D eigenvalue weighted by Crippen LogP contribution is 2.07. The predicted octanol–water partition coefficient (Wildman–Crippen LogP) is 2.49. The molecule has 0 aliphatic carbocycles. The van der Waals surface area contributed by atoms with Crippen molar-refractivity contribution in [1.82, 2.24) is 10.2 Å². The zero-order valence-corrected chi connectivity index (χ0v) is 10.1. The maximum atomic E-state index is 9.60. The average Bonchev–Trinajstić information content (AvgIpc) is 2.53. The van der Waals surface area contributed by atoms with Crippen molar-refractivity contribution >= 4 is 6.47 Å². The monoisotopic (exact) mass is 212 g/mol. The molecular formula is C11H20N2O2. The molecule has 0 saturated heterocycles. The van der Waals surface area contributed by atoms with Crippen LogP contribution in [0.4, 0.5) is 0 Å². The Balaban J connectivity index is 0.000000265. The van der Waals surface area contributed by atoms with E-state index in [1.165, 1.54) is 5.69 Å². The molecule has 1 N–H and O–H groups in total. The molecule has 86 valence electrons. The predicted molar refractivity (Wildman–Crippen MR) is 59.6 cm³/mol. The molecule has 0 aliphatic heterocycles. The zero-order chi connectivity index (χ0) is 11.9.